The summed E-state index contributed by atoms with van der Waals surface area (Å²) in [4.78, 5) is 0. The lowest BCUT2D eigenvalue weighted by molar-refractivity contribution is 0.0606. The van der Waals surface area contributed by atoms with E-state index in [9.17, 15) is 13.5 Å². The second kappa shape index (κ2) is 9.39. The zero-order chi connectivity index (χ0) is 15.6. The van der Waals surface area contributed by atoms with Crippen LogP contribution in [0.25, 0.3) is 0 Å². The van der Waals surface area contributed by atoms with Crippen molar-refractivity contribution in [3.8, 4) is 5.75 Å². The summed E-state index contributed by atoms with van der Waals surface area (Å²) < 4.78 is 54.4. The Bertz CT molecular complexity index is 541. The number of hydrogen-bond acceptors (Lipinski definition) is 8. The van der Waals surface area contributed by atoms with Gasteiger partial charge in [0.1, 0.15) is 18.5 Å². The molecule has 114 valence electrons. The van der Waals surface area contributed by atoms with Gasteiger partial charge in [0.15, 0.2) is 0 Å². The third-order valence-corrected chi connectivity index (χ3v) is 2.19. The molecule has 1 rings (SSSR count). The lowest BCUT2D eigenvalue weighted by Gasteiger charge is -2.12. The van der Waals surface area contributed by atoms with Gasteiger partial charge in [-0.25, -0.2) is 4.18 Å². The van der Waals surface area contributed by atoms with Crippen LogP contribution in [0.5, 0.6) is 5.75 Å². The fourth-order valence-corrected chi connectivity index (χ4v) is 1.34. The third kappa shape index (κ3) is 9.41. The predicted molar refractivity (Wildman–Crippen MR) is 68.8 cm³/mol. The van der Waals surface area contributed by atoms with E-state index in [1.807, 2.05) is 0 Å². The molecule has 0 radical (unpaired) electrons. The molecule has 4 N–H and O–H groups in total. The van der Waals surface area contributed by atoms with Gasteiger partial charge in [0.05, 0.1) is 12.3 Å². The fraction of sp³-hybridized carbons (Fsp3) is 0.333. The van der Waals surface area contributed by atoms with Crippen LogP contribution in [0.15, 0.2) is 24.3 Å². The number of rotatable bonds is 6. The van der Waals surface area contributed by atoms with Crippen LogP contribution in [0.2, 0.25) is 0 Å². The molecule has 0 bridgehead atoms. The molecule has 11 heteroatoms. The molecule has 0 aliphatic heterocycles. The van der Waals surface area contributed by atoms with Crippen molar-refractivity contribution in [3.05, 3.63) is 24.3 Å². The van der Waals surface area contributed by atoms with Crippen molar-refractivity contribution in [1.29, 1.82) is 0 Å². The molecule has 0 spiro atoms. The molecule has 0 heterocycles. The highest BCUT2D eigenvalue weighted by atomic mass is 32.3. The summed E-state index contributed by atoms with van der Waals surface area (Å²) in [6, 6.07) is 6.65. The summed E-state index contributed by atoms with van der Waals surface area (Å²) >= 11 is -0.750. The van der Waals surface area contributed by atoms with Gasteiger partial charge in [-0.1, -0.05) is 12.1 Å². The van der Waals surface area contributed by atoms with Gasteiger partial charge in [0.2, 0.25) is 0 Å². The maximum atomic E-state index is 10.2. The van der Waals surface area contributed by atoms with E-state index in [-0.39, 0.29) is 6.61 Å². The Hall–Kier alpha value is -1.53. The van der Waals surface area contributed by atoms with Crippen LogP contribution < -0.4 is 10.5 Å². The van der Waals surface area contributed by atoms with Gasteiger partial charge < -0.3 is 15.6 Å². The maximum absolute atomic E-state index is 10.2. The van der Waals surface area contributed by atoms with Crippen molar-refractivity contribution in [1.82, 2.24) is 0 Å². The number of benzene rings is 1. The summed E-state index contributed by atoms with van der Waals surface area (Å²) in [5, 5.41) is 9.30. The Balaban J connectivity index is 0.00000110. The Morgan fingerprint density at radius 3 is 2.30 bits per heavy atom. The lowest BCUT2D eigenvalue weighted by Crippen LogP contribution is -2.25. The van der Waals surface area contributed by atoms with Crippen molar-refractivity contribution < 1.29 is 35.4 Å². The molecule has 0 fully saturated rings. The topological polar surface area (TPSA) is 153 Å². The molecule has 0 saturated heterocycles. The zero-order valence-corrected chi connectivity index (χ0v) is 11.7. The highest BCUT2D eigenvalue weighted by molar-refractivity contribution is 7.80. The number of nitrogens with two attached hydrogens (primary N) is 1. The van der Waals surface area contributed by atoms with Crippen molar-refractivity contribution in [2.75, 3.05) is 18.9 Å². The monoisotopic (exact) mass is 327 g/mol. The molecule has 0 amide bonds. The fourth-order valence-electron chi connectivity index (χ4n) is 1.01. The SMILES string of the molecule is Nc1ccccc1OCC(O)COS(=O)(=O)O.O=S=O. The molecule has 0 aliphatic rings. The van der Waals surface area contributed by atoms with E-state index in [4.69, 9.17) is 23.4 Å². The first kappa shape index (κ1) is 18.5. The highest BCUT2D eigenvalue weighted by Gasteiger charge is 2.12. The lowest BCUT2D eigenvalue weighted by atomic mass is 10.3. The van der Waals surface area contributed by atoms with Gasteiger partial charge in [-0.3, -0.25) is 4.55 Å². The Labute approximate surface area is 118 Å². The summed E-state index contributed by atoms with van der Waals surface area (Å²) in [6.45, 7) is -0.796. The van der Waals surface area contributed by atoms with E-state index < -0.39 is 34.7 Å². The molecule has 1 unspecified atom stereocenters. The summed E-state index contributed by atoms with van der Waals surface area (Å²) in [7, 11) is -4.55. The first-order valence-electron chi connectivity index (χ1n) is 4.99. The molecule has 20 heavy (non-hydrogen) atoms. The van der Waals surface area contributed by atoms with Crippen LogP contribution in [0.4, 0.5) is 5.69 Å². The molecular weight excluding hydrogens is 314 g/mol. The summed E-state index contributed by atoms with van der Waals surface area (Å²) in [5.41, 5.74) is 5.97. The molecule has 0 aliphatic carbocycles. The molecule has 0 saturated carbocycles. The standard InChI is InChI=1S/C9H13NO6S.O2S/c10-8-3-1-2-4-9(8)15-5-7(11)6-16-17(12,13)14;1-3-2/h1-4,7,11H,5-6,10H2,(H,12,13,14);. The average Bonchev–Trinajstić information content (AvgIpc) is 2.35. The Morgan fingerprint density at radius 2 is 1.80 bits per heavy atom. The minimum absolute atomic E-state index is 0.205. The second-order valence-electron chi connectivity index (χ2n) is 3.28. The number of aliphatic hydroxyl groups is 1. The van der Waals surface area contributed by atoms with Crippen LogP contribution in [-0.4, -0.2) is 45.8 Å². The van der Waals surface area contributed by atoms with Crippen LogP contribution in [-0.2, 0) is 26.2 Å². The van der Waals surface area contributed by atoms with E-state index >= 15 is 0 Å². The molecular formula is C9H13NO8S2. The Kier molecular flexibility index (Phi) is 8.67. The minimum atomic E-state index is -4.55. The quantitative estimate of drug-likeness (QED) is 0.448. The maximum Gasteiger partial charge on any atom is 0.397 e. The Morgan fingerprint density at radius 1 is 1.25 bits per heavy atom. The molecule has 9 nitrogen and oxygen atoms in total. The molecule has 1 aromatic rings. The number of anilines is 1. The van der Waals surface area contributed by atoms with E-state index in [0.717, 1.165) is 0 Å². The van der Waals surface area contributed by atoms with Crippen LogP contribution in [0.1, 0.15) is 0 Å². The van der Waals surface area contributed by atoms with Crippen molar-refractivity contribution in [3.63, 3.8) is 0 Å². The van der Waals surface area contributed by atoms with E-state index in [1.54, 1.807) is 24.3 Å². The molecule has 1 atom stereocenters. The van der Waals surface area contributed by atoms with E-state index in [0.29, 0.717) is 11.4 Å². The smallest absolute Gasteiger partial charge is 0.397 e. The van der Waals surface area contributed by atoms with Crippen LogP contribution in [0.3, 0.4) is 0 Å². The normalized spacial score (nSPS) is 11.9. The number of nitrogen functional groups attached to an aromatic ring is 1. The molecule has 0 aromatic heterocycles. The average molecular weight is 327 g/mol. The first-order chi connectivity index (χ1) is 9.30. The van der Waals surface area contributed by atoms with Gasteiger partial charge in [-0.05, 0) is 12.1 Å². The van der Waals surface area contributed by atoms with E-state index in [1.165, 1.54) is 0 Å². The number of hydrogen-bond donors (Lipinski definition) is 3. The number of ether oxygens (including phenoxy) is 1. The van der Waals surface area contributed by atoms with Gasteiger partial charge in [-0.15, -0.1) is 0 Å². The van der Waals surface area contributed by atoms with E-state index in [2.05, 4.69) is 4.18 Å². The van der Waals surface area contributed by atoms with Crippen molar-refractivity contribution in [2.24, 2.45) is 0 Å². The van der Waals surface area contributed by atoms with Gasteiger partial charge in [0, 0.05) is 0 Å². The van der Waals surface area contributed by atoms with Gasteiger partial charge in [-0.2, -0.15) is 16.8 Å². The van der Waals surface area contributed by atoms with Gasteiger partial charge >= 0.3 is 22.0 Å². The minimum Gasteiger partial charge on any atom is -0.489 e. The molecule has 1 aromatic carbocycles. The van der Waals surface area contributed by atoms with Crippen molar-refractivity contribution in [2.45, 2.75) is 6.10 Å². The first-order valence-corrected chi connectivity index (χ1v) is 7.02. The van der Waals surface area contributed by atoms with Gasteiger partial charge in [0.25, 0.3) is 0 Å². The summed E-state index contributed by atoms with van der Waals surface area (Å²) in [6.07, 6.45) is -1.20. The predicted octanol–water partition coefficient (Wildman–Crippen LogP) is -0.842. The number of aliphatic hydroxyl groups excluding tert-OH is 1. The highest BCUT2D eigenvalue weighted by Crippen LogP contribution is 2.19. The van der Waals surface area contributed by atoms with Crippen molar-refractivity contribution >= 4 is 27.7 Å². The second-order valence-corrected chi connectivity index (χ2v) is 4.51. The number of para-hydroxylation sites is 2. The summed E-state index contributed by atoms with van der Waals surface area (Å²) in [5.74, 6) is 0.374. The van der Waals surface area contributed by atoms with Crippen LogP contribution in [0, 0.1) is 0 Å². The third-order valence-electron chi connectivity index (χ3n) is 1.76. The largest absolute Gasteiger partial charge is 0.489 e. The van der Waals surface area contributed by atoms with Crippen LogP contribution >= 0.6 is 0 Å². The zero-order valence-electron chi connectivity index (χ0n) is 10.0.